The molecule has 0 amide bonds. The van der Waals surface area contributed by atoms with Gasteiger partial charge in [-0.05, 0) is 165 Å². The van der Waals surface area contributed by atoms with E-state index in [1.807, 2.05) is 6.92 Å². The van der Waals surface area contributed by atoms with E-state index in [0.29, 0.717) is 59.5 Å². The Balaban J connectivity index is 1.15. The second kappa shape index (κ2) is 14.6. The molecular weight excluding hydrogens is 781 g/mol. The maximum atomic E-state index is 13.6. The first kappa shape index (κ1) is 40.0. The minimum absolute atomic E-state index is 0.0373. The number of esters is 1. The van der Waals surface area contributed by atoms with Gasteiger partial charge in [0.1, 0.15) is 23.7 Å². The fourth-order valence-corrected chi connectivity index (χ4v) is 14.8. The van der Waals surface area contributed by atoms with E-state index in [1.54, 1.807) is 18.3 Å². The lowest BCUT2D eigenvalue weighted by Crippen LogP contribution is -2.68. The molecule has 4 fully saturated rings. The quantitative estimate of drug-likeness (QED) is 0.109. The number of aromatic nitrogens is 1. The summed E-state index contributed by atoms with van der Waals surface area (Å²) in [6.45, 7) is 23.6. The van der Waals surface area contributed by atoms with Gasteiger partial charge in [0.05, 0.1) is 6.61 Å². The van der Waals surface area contributed by atoms with Crippen LogP contribution in [0.3, 0.4) is 0 Å². The molecule has 0 radical (unpaired) electrons. The molecule has 7 rings (SSSR count). The van der Waals surface area contributed by atoms with Crippen molar-refractivity contribution in [2.75, 3.05) is 24.2 Å². The Morgan fingerprint density at radius 1 is 1.02 bits per heavy atom. The monoisotopic (exact) mass is 847 g/mol. The summed E-state index contributed by atoms with van der Waals surface area (Å²) in [6.07, 6.45) is 20.3. The second-order valence-corrected chi connectivity index (χ2v) is 20.8. The van der Waals surface area contributed by atoms with Crippen molar-refractivity contribution in [1.29, 1.82) is 5.26 Å². The number of nitrogens with zero attached hydrogens (tertiary/aromatic N) is 2. The third kappa shape index (κ3) is 6.07. The molecule has 4 saturated carbocycles. The molecule has 294 valence electrons. The third-order valence-electron chi connectivity index (χ3n) is 17.3. The van der Waals surface area contributed by atoms with Crippen LogP contribution in [0.4, 0.5) is 0 Å². The van der Waals surface area contributed by atoms with Gasteiger partial charge in [-0.1, -0.05) is 81.5 Å². The fraction of sp³-hybridized carbons (Fsp3) is 0.723. The van der Waals surface area contributed by atoms with Crippen LogP contribution < -0.4 is 10.1 Å². The van der Waals surface area contributed by atoms with Crippen LogP contribution in [-0.2, 0) is 9.53 Å². The van der Waals surface area contributed by atoms with Crippen molar-refractivity contribution < 1.29 is 14.3 Å². The van der Waals surface area contributed by atoms with Crippen molar-refractivity contribution in [1.82, 2.24) is 10.3 Å². The van der Waals surface area contributed by atoms with Gasteiger partial charge in [0.15, 0.2) is 0 Å². The SMILES string of the molecule is C=C(C)[C@@H]1CC[C@]2(NCCI)CC[C@]3(C)[C@H](CCC4[C@@]5(C)CC=C(C6=CC[C@](COc7ncccc7C#N)(C(=O)OCC)CC6)C(C)(C)C5CC[C@]43C)C12. The van der Waals surface area contributed by atoms with Gasteiger partial charge in [-0.2, -0.15) is 5.26 Å². The number of allylic oxidation sites excluding steroid dienone is 5. The fourth-order valence-electron chi connectivity index (χ4n) is 14.5. The summed E-state index contributed by atoms with van der Waals surface area (Å²) in [5.74, 6) is 3.48. The van der Waals surface area contributed by atoms with E-state index in [-0.39, 0.29) is 34.8 Å². The van der Waals surface area contributed by atoms with Crippen molar-refractivity contribution >= 4 is 28.6 Å². The first-order chi connectivity index (χ1) is 25.7. The van der Waals surface area contributed by atoms with Crippen LogP contribution in [0, 0.1) is 68.0 Å². The molecule has 7 heteroatoms. The van der Waals surface area contributed by atoms with Gasteiger partial charge >= 0.3 is 5.97 Å². The number of rotatable bonds is 10. The van der Waals surface area contributed by atoms with Crippen LogP contribution in [0.2, 0.25) is 0 Å². The number of fused-ring (bicyclic) bond motifs is 7. The minimum Gasteiger partial charge on any atom is -0.475 e. The Bertz CT molecular complexity index is 1740. The Labute approximate surface area is 339 Å². The maximum Gasteiger partial charge on any atom is 0.315 e. The molecule has 0 saturated heterocycles. The van der Waals surface area contributed by atoms with E-state index in [0.717, 1.165) is 25.3 Å². The van der Waals surface area contributed by atoms with Crippen LogP contribution in [0.15, 0.2) is 53.8 Å². The van der Waals surface area contributed by atoms with Crippen molar-refractivity contribution in [3.63, 3.8) is 0 Å². The Hall–Kier alpha value is -2.18. The highest BCUT2D eigenvalue weighted by Crippen LogP contribution is 2.76. The van der Waals surface area contributed by atoms with Gasteiger partial charge in [0.2, 0.25) is 5.88 Å². The molecule has 0 aliphatic heterocycles. The number of carbonyl (C=O) groups excluding carboxylic acids is 1. The van der Waals surface area contributed by atoms with E-state index in [4.69, 9.17) is 9.47 Å². The summed E-state index contributed by atoms with van der Waals surface area (Å²) in [6, 6.07) is 5.59. The molecule has 1 aromatic rings. The molecule has 1 N–H and O–H groups in total. The number of hydrogen-bond donors (Lipinski definition) is 1. The lowest BCUT2D eigenvalue weighted by molar-refractivity contribution is -0.221. The Morgan fingerprint density at radius 3 is 2.50 bits per heavy atom. The summed E-state index contributed by atoms with van der Waals surface area (Å²) in [5, 5.41) is 13.8. The summed E-state index contributed by atoms with van der Waals surface area (Å²) >= 11 is 2.55. The third-order valence-corrected chi connectivity index (χ3v) is 17.8. The van der Waals surface area contributed by atoms with Gasteiger partial charge in [0, 0.05) is 22.7 Å². The summed E-state index contributed by atoms with van der Waals surface area (Å²) in [7, 11) is 0. The molecule has 3 unspecified atom stereocenters. The van der Waals surface area contributed by atoms with Crippen LogP contribution in [0.25, 0.3) is 0 Å². The van der Waals surface area contributed by atoms with E-state index in [1.165, 1.54) is 72.5 Å². The zero-order valence-electron chi connectivity index (χ0n) is 34.3. The second-order valence-electron chi connectivity index (χ2n) is 19.7. The molecule has 1 heterocycles. The van der Waals surface area contributed by atoms with Gasteiger partial charge in [-0.25, -0.2) is 4.98 Å². The molecule has 6 aliphatic rings. The minimum atomic E-state index is -0.801. The maximum absolute atomic E-state index is 13.6. The van der Waals surface area contributed by atoms with Crippen molar-refractivity contribution in [3.8, 4) is 11.9 Å². The first-order valence-electron chi connectivity index (χ1n) is 21.2. The number of halogens is 1. The number of nitrogens with one attached hydrogen (secondary N) is 1. The highest BCUT2D eigenvalue weighted by Gasteiger charge is 2.70. The van der Waals surface area contributed by atoms with E-state index in [9.17, 15) is 10.1 Å². The van der Waals surface area contributed by atoms with Crippen molar-refractivity contribution in [2.24, 2.45) is 56.7 Å². The lowest BCUT2D eigenvalue weighted by Gasteiger charge is -2.72. The smallest absolute Gasteiger partial charge is 0.315 e. The Morgan fingerprint density at radius 2 is 1.81 bits per heavy atom. The predicted octanol–water partition coefficient (Wildman–Crippen LogP) is 11.0. The molecule has 6 aliphatic carbocycles. The van der Waals surface area contributed by atoms with Crippen LogP contribution in [-0.4, -0.2) is 40.7 Å². The standard InChI is InChI=1S/C47H66IN3O3/c1-9-53-41(52)46(30-54-40-33(29-49)11-10-27-50-40)21-14-32(15-22-46)35-17-19-43(6)37(42(35,4)5)18-20-45(8)38(43)13-12-36-39-34(31(2)3)16-23-47(39,51-28-26-48)25-24-44(36,45)7/h10-11,14,17,27,34,36-39,51H,2,9,12-13,15-16,18-26,28,30H2,1,3-8H3/t34-,36+,37?,38?,39?,43-,44+,45+,46-,47-/m0/s1. The van der Waals surface area contributed by atoms with Crippen LogP contribution in [0.1, 0.15) is 131 Å². The van der Waals surface area contributed by atoms with Crippen LogP contribution >= 0.6 is 22.6 Å². The van der Waals surface area contributed by atoms with Gasteiger partial charge < -0.3 is 14.8 Å². The predicted molar refractivity (Wildman–Crippen MR) is 225 cm³/mol. The number of pyridine rings is 1. The molecule has 0 spiro atoms. The molecule has 0 bridgehead atoms. The topological polar surface area (TPSA) is 84.2 Å². The molecule has 1 aromatic heterocycles. The van der Waals surface area contributed by atoms with E-state index in [2.05, 4.69) is 99.2 Å². The van der Waals surface area contributed by atoms with Gasteiger partial charge in [-0.15, -0.1) is 0 Å². The number of hydrogen-bond acceptors (Lipinski definition) is 6. The molecular formula is C47H66IN3O3. The number of carbonyl (C=O) groups is 1. The van der Waals surface area contributed by atoms with Gasteiger partial charge in [0.25, 0.3) is 0 Å². The zero-order chi connectivity index (χ0) is 38.7. The highest BCUT2D eigenvalue weighted by atomic mass is 127. The molecule has 6 nitrogen and oxygen atoms in total. The average molecular weight is 848 g/mol. The number of nitriles is 1. The normalized spacial score (nSPS) is 40.8. The highest BCUT2D eigenvalue weighted by molar-refractivity contribution is 14.1. The van der Waals surface area contributed by atoms with E-state index >= 15 is 0 Å². The van der Waals surface area contributed by atoms with Crippen molar-refractivity contribution in [3.05, 3.63) is 59.3 Å². The first-order valence-corrected chi connectivity index (χ1v) is 22.7. The molecule has 54 heavy (non-hydrogen) atoms. The Kier molecular flexibility index (Phi) is 10.9. The van der Waals surface area contributed by atoms with Crippen molar-refractivity contribution in [2.45, 2.75) is 131 Å². The van der Waals surface area contributed by atoms with E-state index < -0.39 is 5.41 Å². The summed E-state index contributed by atoms with van der Waals surface area (Å²) in [5.41, 5.74) is 5.13. The summed E-state index contributed by atoms with van der Waals surface area (Å²) in [4.78, 5) is 17.9. The molecule has 10 atom stereocenters. The number of alkyl halides is 1. The largest absolute Gasteiger partial charge is 0.475 e. The van der Waals surface area contributed by atoms with Gasteiger partial charge in [-0.3, -0.25) is 4.79 Å². The lowest BCUT2D eigenvalue weighted by atomic mass is 9.33. The zero-order valence-corrected chi connectivity index (χ0v) is 36.4. The average Bonchev–Trinajstić information content (AvgIpc) is 3.54. The molecule has 0 aromatic carbocycles. The van der Waals surface area contributed by atoms with Crippen LogP contribution in [0.5, 0.6) is 5.88 Å². The number of ether oxygens (including phenoxy) is 2. The summed E-state index contributed by atoms with van der Waals surface area (Å²) < 4.78 is 12.9.